The van der Waals surface area contributed by atoms with Gasteiger partial charge in [-0.3, -0.25) is 0 Å². The fraction of sp³-hybridized carbons (Fsp3) is 1.00. The van der Waals surface area contributed by atoms with Crippen molar-refractivity contribution in [3.05, 3.63) is 0 Å². The van der Waals surface area contributed by atoms with Crippen LogP contribution in [0.25, 0.3) is 0 Å². The maximum absolute atomic E-state index is 6.17. The van der Waals surface area contributed by atoms with E-state index in [1.165, 1.54) is 0 Å². The van der Waals surface area contributed by atoms with Gasteiger partial charge >= 0.3 is 8.56 Å². The second kappa shape index (κ2) is 5.48. The summed E-state index contributed by atoms with van der Waals surface area (Å²) in [6.07, 6.45) is 0. The Morgan fingerprint density at radius 2 is 1.38 bits per heavy atom. The predicted octanol–water partition coefficient (Wildman–Crippen LogP) is 2.31. The minimum Gasteiger partial charge on any atom is -0.407 e. The molecular formula is C7H19ClO3Si2. The molecule has 0 N–H and O–H groups in total. The minimum absolute atomic E-state index is 0.870. The van der Waals surface area contributed by atoms with Crippen LogP contribution in [0, 0.1) is 0 Å². The molecule has 0 aromatic heterocycles. The van der Waals surface area contributed by atoms with Crippen LogP contribution in [-0.2, 0) is 13.3 Å². The van der Waals surface area contributed by atoms with E-state index in [2.05, 4.69) is 0 Å². The predicted molar refractivity (Wildman–Crippen MR) is 59.7 cm³/mol. The van der Waals surface area contributed by atoms with E-state index < -0.39 is 16.2 Å². The van der Waals surface area contributed by atoms with Crippen molar-refractivity contribution >= 4 is 27.3 Å². The fourth-order valence-electron chi connectivity index (χ4n) is 0.840. The highest BCUT2D eigenvalue weighted by Gasteiger charge is 2.34. The first-order valence-corrected chi connectivity index (χ1v) is 10.4. The van der Waals surface area contributed by atoms with Crippen molar-refractivity contribution in [1.29, 1.82) is 0 Å². The third-order valence-corrected chi connectivity index (χ3v) is 8.72. The van der Waals surface area contributed by atoms with Gasteiger partial charge in [0.1, 0.15) is 0 Å². The lowest BCUT2D eigenvalue weighted by atomic mass is 10.9. The van der Waals surface area contributed by atoms with Gasteiger partial charge in [0.2, 0.25) is 0 Å². The third kappa shape index (κ3) is 5.14. The molecule has 0 saturated carbocycles. The molecule has 13 heavy (non-hydrogen) atoms. The van der Waals surface area contributed by atoms with Crippen molar-refractivity contribution in [3.8, 4) is 0 Å². The molecule has 0 aromatic carbocycles. The second-order valence-corrected chi connectivity index (χ2v) is 12.4. The number of rotatable bonds is 6. The molecule has 80 valence electrons. The molecule has 0 aliphatic rings. The average molecular weight is 243 g/mol. The maximum Gasteiger partial charge on any atom is 0.334 e. The van der Waals surface area contributed by atoms with Gasteiger partial charge in [-0.2, -0.15) is 0 Å². The lowest BCUT2D eigenvalue weighted by molar-refractivity contribution is 0.250. The summed E-state index contributed by atoms with van der Waals surface area (Å²) in [5.74, 6) is 0. The summed E-state index contributed by atoms with van der Waals surface area (Å²) in [4.78, 5) is 0. The zero-order chi connectivity index (χ0) is 10.5. The van der Waals surface area contributed by atoms with Crippen molar-refractivity contribution in [1.82, 2.24) is 0 Å². The Kier molecular flexibility index (Phi) is 5.73. The monoisotopic (exact) mass is 242 g/mol. The highest BCUT2D eigenvalue weighted by atomic mass is 35.6. The summed E-state index contributed by atoms with van der Waals surface area (Å²) < 4.78 is 15.9. The highest BCUT2D eigenvalue weighted by Crippen LogP contribution is 2.24. The fourth-order valence-corrected chi connectivity index (χ4v) is 6.07. The van der Waals surface area contributed by atoms with E-state index in [-0.39, 0.29) is 0 Å². The summed E-state index contributed by atoms with van der Waals surface area (Å²) in [5, 5.41) is 0. The Balaban J connectivity index is 3.99. The molecule has 0 saturated heterocycles. The normalized spacial score (nSPS) is 17.1. The molecule has 0 fully saturated rings. The summed E-state index contributed by atoms with van der Waals surface area (Å²) in [7, 11) is 1.12. The summed E-state index contributed by atoms with van der Waals surface area (Å²) in [6.45, 7) is 4.01. The van der Waals surface area contributed by atoms with Crippen molar-refractivity contribution in [3.63, 3.8) is 0 Å². The van der Waals surface area contributed by atoms with Crippen LogP contribution in [0.1, 0.15) is 0 Å². The molecule has 0 heterocycles. The van der Waals surface area contributed by atoms with Crippen LogP contribution in [-0.4, -0.2) is 37.5 Å². The first-order chi connectivity index (χ1) is 5.89. The largest absolute Gasteiger partial charge is 0.407 e. The Labute approximate surface area is 87.4 Å². The van der Waals surface area contributed by atoms with E-state index in [0.717, 1.165) is 12.1 Å². The Morgan fingerprint density at radius 1 is 0.923 bits per heavy atom. The molecule has 0 bridgehead atoms. The van der Waals surface area contributed by atoms with Crippen LogP contribution in [0.2, 0.25) is 25.2 Å². The molecule has 6 heteroatoms. The molecule has 3 nitrogen and oxygen atoms in total. The first-order valence-electron chi connectivity index (χ1n) is 4.23. The van der Waals surface area contributed by atoms with E-state index in [1.807, 2.05) is 13.1 Å². The summed E-state index contributed by atoms with van der Waals surface area (Å²) >= 11 is 6.17. The molecule has 1 unspecified atom stereocenters. The number of halogens is 1. The van der Waals surface area contributed by atoms with E-state index in [1.54, 1.807) is 21.3 Å². The molecule has 0 amide bonds. The van der Waals surface area contributed by atoms with Crippen molar-refractivity contribution < 1.29 is 13.3 Å². The molecular weight excluding hydrogens is 224 g/mol. The van der Waals surface area contributed by atoms with Gasteiger partial charge in [-0.25, -0.2) is 0 Å². The van der Waals surface area contributed by atoms with Crippen LogP contribution in [0.4, 0.5) is 0 Å². The van der Waals surface area contributed by atoms with Gasteiger partial charge in [0.25, 0.3) is 7.63 Å². The third-order valence-electron chi connectivity index (χ3n) is 2.31. The van der Waals surface area contributed by atoms with Crippen molar-refractivity contribution in [2.24, 2.45) is 0 Å². The van der Waals surface area contributed by atoms with Gasteiger partial charge in [-0.1, -0.05) is 0 Å². The second-order valence-electron chi connectivity index (χ2n) is 3.35. The highest BCUT2D eigenvalue weighted by molar-refractivity contribution is 7.16. The van der Waals surface area contributed by atoms with Crippen molar-refractivity contribution in [2.75, 3.05) is 21.3 Å². The van der Waals surface area contributed by atoms with E-state index >= 15 is 0 Å². The Hall–Kier alpha value is 0.604. The SMILES string of the molecule is CO[Si](C)(Cl)CC[Si](C)(OC)OC. The van der Waals surface area contributed by atoms with Gasteiger partial charge in [-0.05, 0) is 25.2 Å². The van der Waals surface area contributed by atoms with Gasteiger partial charge in [0.15, 0.2) is 0 Å². The van der Waals surface area contributed by atoms with Crippen LogP contribution in [0.15, 0.2) is 0 Å². The van der Waals surface area contributed by atoms with Gasteiger partial charge in [0, 0.05) is 21.3 Å². The van der Waals surface area contributed by atoms with Gasteiger partial charge in [0.05, 0.1) is 0 Å². The van der Waals surface area contributed by atoms with E-state index in [0.29, 0.717) is 0 Å². The number of hydrogen-bond donors (Lipinski definition) is 0. The maximum atomic E-state index is 6.17. The standard InChI is InChI=1S/C7H19ClO3Si2/c1-9-12(4,8)6-7-13(5,10-2)11-3/h6-7H2,1-5H3. The minimum atomic E-state index is -1.97. The van der Waals surface area contributed by atoms with Crippen LogP contribution in [0.3, 0.4) is 0 Å². The summed E-state index contributed by atoms with van der Waals surface area (Å²) in [5.41, 5.74) is 0. The molecule has 0 aliphatic carbocycles. The molecule has 0 radical (unpaired) electrons. The topological polar surface area (TPSA) is 27.7 Å². The number of hydrogen-bond acceptors (Lipinski definition) is 3. The van der Waals surface area contributed by atoms with E-state index in [9.17, 15) is 0 Å². The lowest BCUT2D eigenvalue weighted by Gasteiger charge is -2.25. The zero-order valence-corrected chi connectivity index (χ0v) is 11.8. The molecule has 0 aliphatic heterocycles. The smallest absolute Gasteiger partial charge is 0.334 e. The molecule has 0 spiro atoms. The van der Waals surface area contributed by atoms with E-state index in [4.69, 9.17) is 24.4 Å². The van der Waals surface area contributed by atoms with Crippen LogP contribution in [0.5, 0.6) is 0 Å². The Morgan fingerprint density at radius 3 is 1.69 bits per heavy atom. The average Bonchev–Trinajstić information content (AvgIpc) is 2.14. The molecule has 1 atom stereocenters. The quantitative estimate of drug-likeness (QED) is 0.529. The lowest BCUT2D eigenvalue weighted by Crippen LogP contribution is -2.39. The summed E-state index contributed by atoms with van der Waals surface area (Å²) in [6, 6.07) is 1.76. The molecule has 0 rings (SSSR count). The van der Waals surface area contributed by atoms with Gasteiger partial charge in [-0.15, -0.1) is 11.1 Å². The van der Waals surface area contributed by atoms with Crippen LogP contribution >= 0.6 is 11.1 Å². The first kappa shape index (κ1) is 13.6. The zero-order valence-electron chi connectivity index (χ0n) is 9.02. The Bertz CT molecular complexity index is 151. The van der Waals surface area contributed by atoms with Crippen LogP contribution < -0.4 is 0 Å². The van der Waals surface area contributed by atoms with Gasteiger partial charge < -0.3 is 13.3 Å². The molecule has 0 aromatic rings. The van der Waals surface area contributed by atoms with Crippen molar-refractivity contribution in [2.45, 2.75) is 25.2 Å².